The van der Waals surface area contributed by atoms with Crippen molar-refractivity contribution in [3.8, 4) is 6.07 Å². The van der Waals surface area contributed by atoms with Gasteiger partial charge in [-0.05, 0) is 51.8 Å². The molecule has 6 heteroatoms. The van der Waals surface area contributed by atoms with E-state index in [4.69, 9.17) is 16.3 Å². The van der Waals surface area contributed by atoms with Crippen molar-refractivity contribution in [1.29, 1.82) is 5.26 Å². The lowest BCUT2D eigenvalue weighted by Gasteiger charge is -2.39. The summed E-state index contributed by atoms with van der Waals surface area (Å²) in [6.07, 6.45) is 1.01. The van der Waals surface area contributed by atoms with E-state index in [1.54, 1.807) is 17.0 Å². The van der Waals surface area contributed by atoms with Gasteiger partial charge in [0, 0.05) is 17.3 Å². The second-order valence-electron chi connectivity index (χ2n) is 6.83. The molecule has 1 atom stereocenters. The van der Waals surface area contributed by atoms with E-state index in [1.165, 1.54) is 0 Å². The van der Waals surface area contributed by atoms with Crippen molar-refractivity contribution in [1.82, 2.24) is 4.90 Å². The molecule has 0 radical (unpaired) electrons. The van der Waals surface area contributed by atoms with Crippen LogP contribution in [-0.4, -0.2) is 35.2 Å². The third kappa shape index (κ3) is 4.77. The fraction of sp³-hybridized carbons (Fsp3) is 0.529. The Kier molecular flexibility index (Phi) is 5.06. The van der Waals surface area contributed by atoms with Gasteiger partial charge in [0.25, 0.3) is 0 Å². The van der Waals surface area contributed by atoms with Crippen molar-refractivity contribution < 1.29 is 9.53 Å². The number of halogens is 1. The highest BCUT2D eigenvalue weighted by atomic mass is 35.5. The van der Waals surface area contributed by atoms with E-state index in [2.05, 4.69) is 11.4 Å². The maximum atomic E-state index is 12.3. The highest BCUT2D eigenvalue weighted by molar-refractivity contribution is 6.30. The van der Waals surface area contributed by atoms with E-state index in [-0.39, 0.29) is 12.6 Å². The third-order valence-corrected chi connectivity index (χ3v) is 3.80. The topological polar surface area (TPSA) is 65.4 Å². The van der Waals surface area contributed by atoms with Gasteiger partial charge in [-0.15, -0.1) is 0 Å². The Morgan fingerprint density at radius 1 is 1.48 bits per heavy atom. The lowest BCUT2D eigenvalue weighted by atomic mass is 9.90. The predicted molar refractivity (Wildman–Crippen MR) is 90.5 cm³/mol. The maximum absolute atomic E-state index is 12.3. The van der Waals surface area contributed by atoms with Crippen molar-refractivity contribution in [2.24, 2.45) is 0 Å². The van der Waals surface area contributed by atoms with Crippen LogP contribution in [0, 0.1) is 11.3 Å². The molecular weight excluding hydrogens is 314 g/mol. The quantitative estimate of drug-likeness (QED) is 0.885. The zero-order valence-electron chi connectivity index (χ0n) is 13.7. The summed E-state index contributed by atoms with van der Waals surface area (Å²) in [5.41, 5.74) is -0.616. The lowest BCUT2D eigenvalue weighted by Crippen LogP contribution is -2.54. The number of hydrogen-bond acceptors (Lipinski definition) is 4. The van der Waals surface area contributed by atoms with Crippen LogP contribution in [0.4, 0.5) is 10.5 Å². The Labute approximate surface area is 142 Å². The first-order chi connectivity index (χ1) is 10.7. The Bertz CT molecular complexity index is 621. The monoisotopic (exact) mass is 335 g/mol. The van der Waals surface area contributed by atoms with Crippen LogP contribution in [0.15, 0.2) is 24.3 Å². The molecule has 23 heavy (non-hydrogen) atoms. The van der Waals surface area contributed by atoms with E-state index in [0.29, 0.717) is 18.0 Å². The van der Waals surface area contributed by atoms with Crippen LogP contribution in [0.5, 0.6) is 0 Å². The van der Waals surface area contributed by atoms with Gasteiger partial charge in [-0.3, -0.25) is 0 Å². The minimum absolute atomic E-state index is 0.283. The number of carbonyl (C=O) groups excluding carboxylic acids is 1. The molecule has 1 N–H and O–H groups in total. The van der Waals surface area contributed by atoms with E-state index in [1.807, 2.05) is 32.9 Å². The number of nitrogens with one attached hydrogen (secondary N) is 1. The first-order valence-corrected chi connectivity index (χ1v) is 8.04. The SMILES string of the molecule is CC(C)(C)OC(=O)N1CCCC(C#N)(Nc2cccc(Cl)c2)C1. The average Bonchev–Trinajstić information content (AvgIpc) is 2.46. The van der Waals surface area contributed by atoms with Gasteiger partial charge >= 0.3 is 6.09 Å². The van der Waals surface area contributed by atoms with Gasteiger partial charge in [0.2, 0.25) is 0 Å². The molecule has 5 nitrogen and oxygen atoms in total. The van der Waals surface area contributed by atoms with E-state index < -0.39 is 11.1 Å². The first-order valence-electron chi connectivity index (χ1n) is 7.66. The van der Waals surface area contributed by atoms with Crippen LogP contribution in [0.1, 0.15) is 33.6 Å². The number of hydrogen-bond donors (Lipinski definition) is 1. The number of rotatable bonds is 2. The number of nitrogens with zero attached hydrogens (tertiary/aromatic N) is 2. The van der Waals surface area contributed by atoms with Crippen molar-refractivity contribution in [3.05, 3.63) is 29.3 Å². The van der Waals surface area contributed by atoms with Crippen LogP contribution < -0.4 is 5.32 Å². The van der Waals surface area contributed by atoms with Crippen LogP contribution in [-0.2, 0) is 4.74 Å². The Balaban J connectivity index is 2.13. The van der Waals surface area contributed by atoms with Crippen LogP contribution in [0.3, 0.4) is 0 Å². The zero-order valence-corrected chi connectivity index (χ0v) is 14.5. The van der Waals surface area contributed by atoms with E-state index in [0.717, 1.165) is 12.1 Å². The Morgan fingerprint density at radius 3 is 2.83 bits per heavy atom. The van der Waals surface area contributed by atoms with Gasteiger partial charge in [-0.1, -0.05) is 17.7 Å². The average molecular weight is 336 g/mol. The molecular formula is C17H22ClN3O2. The second kappa shape index (κ2) is 6.67. The first kappa shape index (κ1) is 17.4. The Morgan fingerprint density at radius 2 is 2.22 bits per heavy atom. The number of benzene rings is 1. The molecule has 0 aliphatic carbocycles. The van der Waals surface area contributed by atoms with Gasteiger partial charge < -0.3 is 15.0 Å². The van der Waals surface area contributed by atoms with E-state index >= 15 is 0 Å². The largest absolute Gasteiger partial charge is 0.444 e. The van der Waals surface area contributed by atoms with Gasteiger partial charge in [0.1, 0.15) is 11.1 Å². The van der Waals surface area contributed by atoms with Gasteiger partial charge in [-0.2, -0.15) is 5.26 Å². The minimum atomic E-state index is -0.833. The molecule has 1 unspecified atom stereocenters. The highest BCUT2D eigenvalue weighted by Gasteiger charge is 2.38. The number of anilines is 1. The minimum Gasteiger partial charge on any atom is -0.444 e. The molecule has 1 aromatic carbocycles. The van der Waals surface area contributed by atoms with E-state index in [9.17, 15) is 10.1 Å². The molecule has 1 aromatic rings. The second-order valence-corrected chi connectivity index (χ2v) is 7.27. The number of likely N-dealkylation sites (tertiary alicyclic amines) is 1. The van der Waals surface area contributed by atoms with Crippen LogP contribution >= 0.6 is 11.6 Å². The molecule has 0 bridgehead atoms. The summed E-state index contributed by atoms with van der Waals surface area (Å²) in [7, 11) is 0. The summed E-state index contributed by atoms with van der Waals surface area (Å²) in [4.78, 5) is 13.9. The molecule has 2 rings (SSSR count). The Hall–Kier alpha value is -1.93. The number of amides is 1. The smallest absolute Gasteiger partial charge is 0.410 e. The number of piperidine rings is 1. The molecule has 0 aromatic heterocycles. The molecule has 124 valence electrons. The summed E-state index contributed by atoms with van der Waals surface area (Å²) in [6.45, 7) is 6.37. The fourth-order valence-electron chi connectivity index (χ4n) is 2.60. The summed E-state index contributed by atoms with van der Waals surface area (Å²) in [5.74, 6) is 0. The van der Waals surface area contributed by atoms with Crippen molar-refractivity contribution >= 4 is 23.4 Å². The zero-order chi connectivity index (χ0) is 17.1. The summed E-state index contributed by atoms with van der Waals surface area (Å²) >= 11 is 6.00. The number of nitriles is 1. The van der Waals surface area contributed by atoms with Gasteiger partial charge in [0.15, 0.2) is 0 Å². The highest BCUT2D eigenvalue weighted by Crippen LogP contribution is 2.27. The normalized spacial score (nSPS) is 21.4. The molecule has 1 fully saturated rings. The summed E-state index contributed by atoms with van der Waals surface area (Å²) < 4.78 is 5.41. The molecule has 0 spiro atoms. The standard InChI is InChI=1S/C17H22ClN3O2/c1-16(2,3)23-15(22)21-9-5-8-17(11-19,12-21)20-14-7-4-6-13(18)10-14/h4,6-7,10,20H,5,8-9,12H2,1-3H3. The predicted octanol–water partition coefficient (Wildman–Crippen LogP) is 4.05. The maximum Gasteiger partial charge on any atom is 0.410 e. The van der Waals surface area contributed by atoms with Crippen LogP contribution in [0.2, 0.25) is 5.02 Å². The summed E-state index contributed by atoms with van der Waals surface area (Å²) in [5, 5.41) is 13.5. The molecule has 1 aliphatic rings. The van der Waals surface area contributed by atoms with Gasteiger partial charge in [0.05, 0.1) is 12.6 Å². The molecule has 1 heterocycles. The van der Waals surface area contributed by atoms with Crippen molar-refractivity contribution in [3.63, 3.8) is 0 Å². The number of carbonyl (C=O) groups is 1. The lowest BCUT2D eigenvalue weighted by molar-refractivity contribution is 0.0181. The van der Waals surface area contributed by atoms with Gasteiger partial charge in [-0.25, -0.2) is 4.79 Å². The van der Waals surface area contributed by atoms with Crippen LogP contribution in [0.25, 0.3) is 0 Å². The fourth-order valence-corrected chi connectivity index (χ4v) is 2.79. The number of ether oxygens (including phenoxy) is 1. The molecule has 0 saturated carbocycles. The van der Waals surface area contributed by atoms with Crippen molar-refractivity contribution in [2.45, 2.75) is 44.8 Å². The molecule has 1 amide bonds. The van der Waals surface area contributed by atoms with Crippen molar-refractivity contribution in [2.75, 3.05) is 18.4 Å². The summed E-state index contributed by atoms with van der Waals surface area (Å²) in [6, 6.07) is 9.56. The third-order valence-electron chi connectivity index (χ3n) is 3.57. The molecule has 1 aliphatic heterocycles. The molecule has 1 saturated heterocycles.